The molecule has 0 amide bonds. The van der Waals surface area contributed by atoms with E-state index in [1.165, 1.54) is 0 Å². The molecule has 1 aromatic carbocycles. The van der Waals surface area contributed by atoms with Gasteiger partial charge >= 0.3 is 0 Å². The zero-order valence-electron chi connectivity index (χ0n) is 7.78. The molecule has 0 radical (unpaired) electrons. The fraction of sp³-hybridized carbons (Fsp3) is 0.200. The Morgan fingerprint density at radius 1 is 1.50 bits per heavy atom. The molecule has 0 spiro atoms. The molecule has 0 aromatic heterocycles. The predicted molar refractivity (Wildman–Crippen MR) is 58.2 cm³/mol. The van der Waals surface area contributed by atoms with E-state index in [9.17, 15) is 5.11 Å². The summed E-state index contributed by atoms with van der Waals surface area (Å²) in [6.45, 7) is 0. The van der Waals surface area contributed by atoms with Crippen LogP contribution in [-0.2, 0) is 0 Å². The quantitative estimate of drug-likeness (QED) is 0.781. The topological polar surface area (TPSA) is 41.5 Å². The fourth-order valence-corrected chi connectivity index (χ4v) is 2.05. The normalized spacial score (nSPS) is 14.8. The van der Waals surface area contributed by atoms with Gasteiger partial charge in [0.2, 0.25) is 0 Å². The third-order valence-corrected chi connectivity index (χ3v) is 2.74. The second kappa shape index (κ2) is 3.84. The molecule has 0 fully saturated rings. The van der Waals surface area contributed by atoms with Crippen molar-refractivity contribution in [3.63, 3.8) is 0 Å². The first kappa shape index (κ1) is 9.27. The van der Waals surface area contributed by atoms with Crippen molar-refractivity contribution in [3.8, 4) is 11.5 Å². The van der Waals surface area contributed by atoms with E-state index < -0.39 is 0 Å². The van der Waals surface area contributed by atoms with Crippen molar-refractivity contribution < 1.29 is 9.84 Å². The molecule has 1 heterocycles. The fourth-order valence-electron chi connectivity index (χ4n) is 1.35. The van der Waals surface area contributed by atoms with Crippen LogP contribution in [0.2, 0.25) is 0 Å². The van der Waals surface area contributed by atoms with Crippen molar-refractivity contribution in [2.24, 2.45) is 0 Å². The Hall–Kier alpha value is -1.29. The minimum atomic E-state index is 0.219. The van der Waals surface area contributed by atoms with Gasteiger partial charge in [0.25, 0.3) is 0 Å². The van der Waals surface area contributed by atoms with Gasteiger partial charge < -0.3 is 15.2 Å². The third kappa shape index (κ3) is 1.65. The highest BCUT2D eigenvalue weighted by Crippen LogP contribution is 2.31. The maximum absolute atomic E-state index is 9.29. The zero-order chi connectivity index (χ0) is 9.97. The van der Waals surface area contributed by atoms with Crippen LogP contribution in [0.1, 0.15) is 5.56 Å². The van der Waals surface area contributed by atoms with Crippen molar-refractivity contribution in [1.29, 1.82) is 0 Å². The minimum absolute atomic E-state index is 0.219. The van der Waals surface area contributed by atoms with E-state index in [1.54, 1.807) is 31.0 Å². The molecule has 1 aliphatic rings. The van der Waals surface area contributed by atoms with E-state index in [0.717, 1.165) is 17.1 Å². The number of phenols is 1. The van der Waals surface area contributed by atoms with Crippen LogP contribution in [0.4, 0.5) is 0 Å². The first-order valence-corrected chi connectivity index (χ1v) is 5.29. The Morgan fingerprint density at radius 3 is 3.00 bits per heavy atom. The van der Waals surface area contributed by atoms with Gasteiger partial charge in [-0.1, -0.05) is 0 Å². The first-order chi connectivity index (χ1) is 6.81. The molecule has 4 heteroatoms. The molecule has 0 saturated carbocycles. The van der Waals surface area contributed by atoms with Crippen LogP contribution in [0.25, 0.3) is 5.70 Å². The van der Waals surface area contributed by atoms with Crippen molar-refractivity contribution in [1.82, 2.24) is 5.32 Å². The number of aromatic hydroxyl groups is 1. The lowest BCUT2D eigenvalue weighted by Gasteiger charge is -2.09. The summed E-state index contributed by atoms with van der Waals surface area (Å²) >= 11 is 1.71. The van der Waals surface area contributed by atoms with Gasteiger partial charge in [0, 0.05) is 11.6 Å². The highest BCUT2D eigenvalue weighted by molar-refractivity contribution is 8.02. The molecule has 1 aliphatic heterocycles. The standard InChI is InChI=1S/C10H11NO2S/c1-13-10-4-7(12)2-3-8(10)9-5-14-6-11-9/h2-5,11-12H,6H2,1H3. The van der Waals surface area contributed by atoms with Gasteiger partial charge in [0.05, 0.1) is 18.7 Å². The van der Waals surface area contributed by atoms with Crippen LogP contribution in [0, 0.1) is 0 Å². The Labute approximate surface area is 86.8 Å². The Kier molecular flexibility index (Phi) is 2.54. The van der Waals surface area contributed by atoms with Crippen molar-refractivity contribution in [2.75, 3.05) is 13.0 Å². The van der Waals surface area contributed by atoms with Gasteiger partial charge in [0.15, 0.2) is 0 Å². The molecule has 3 nitrogen and oxygen atoms in total. The number of hydrogen-bond donors (Lipinski definition) is 2. The molecule has 1 aromatic rings. The van der Waals surface area contributed by atoms with E-state index in [2.05, 4.69) is 10.7 Å². The van der Waals surface area contributed by atoms with Gasteiger partial charge in [0.1, 0.15) is 11.5 Å². The lowest BCUT2D eigenvalue weighted by atomic mass is 10.1. The van der Waals surface area contributed by atoms with Crippen molar-refractivity contribution >= 4 is 17.5 Å². The number of rotatable bonds is 2. The summed E-state index contributed by atoms with van der Waals surface area (Å²) in [5.74, 6) is 1.79. The summed E-state index contributed by atoms with van der Waals surface area (Å²) in [4.78, 5) is 0. The highest BCUT2D eigenvalue weighted by atomic mass is 32.2. The van der Waals surface area contributed by atoms with E-state index in [-0.39, 0.29) is 5.75 Å². The summed E-state index contributed by atoms with van der Waals surface area (Å²) in [6, 6.07) is 5.11. The second-order valence-corrected chi connectivity index (χ2v) is 3.76. The molecule has 14 heavy (non-hydrogen) atoms. The van der Waals surface area contributed by atoms with Crippen LogP contribution < -0.4 is 10.1 Å². The lowest BCUT2D eigenvalue weighted by molar-refractivity contribution is 0.406. The number of methoxy groups -OCH3 is 1. The van der Waals surface area contributed by atoms with Gasteiger partial charge in [-0.3, -0.25) is 0 Å². The monoisotopic (exact) mass is 209 g/mol. The molecule has 2 N–H and O–H groups in total. The Bertz CT molecular complexity index is 376. The summed E-state index contributed by atoms with van der Waals surface area (Å²) in [5, 5.41) is 14.6. The molecule has 74 valence electrons. The molecule has 0 atom stereocenters. The summed E-state index contributed by atoms with van der Waals surface area (Å²) in [6.07, 6.45) is 0. The number of thioether (sulfide) groups is 1. The molecule has 0 bridgehead atoms. The number of phenolic OH excluding ortho intramolecular Hbond substituents is 1. The van der Waals surface area contributed by atoms with E-state index in [0.29, 0.717) is 5.75 Å². The SMILES string of the molecule is COc1cc(O)ccc1C1=CSCN1. The maximum atomic E-state index is 9.29. The summed E-state index contributed by atoms with van der Waals surface area (Å²) in [5.41, 5.74) is 2.03. The summed E-state index contributed by atoms with van der Waals surface area (Å²) in [7, 11) is 1.60. The highest BCUT2D eigenvalue weighted by Gasteiger charge is 2.11. The van der Waals surface area contributed by atoms with E-state index >= 15 is 0 Å². The van der Waals surface area contributed by atoms with Gasteiger partial charge in [-0.2, -0.15) is 0 Å². The molecule has 0 aliphatic carbocycles. The number of ether oxygens (including phenoxy) is 1. The number of hydrogen-bond acceptors (Lipinski definition) is 4. The number of benzene rings is 1. The Morgan fingerprint density at radius 2 is 2.36 bits per heavy atom. The van der Waals surface area contributed by atoms with E-state index in [1.807, 2.05) is 6.07 Å². The van der Waals surface area contributed by atoms with Gasteiger partial charge in [-0.05, 0) is 17.5 Å². The van der Waals surface area contributed by atoms with E-state index in [4.69, 9.17) is 4.74 Å². The molecule has 0 saturated heterocycles. The molecular formula is C10H11NO2S. The molecule has 2 rings (SSSR count). The van der Waals surface area contributed by atoms with Gasteiger partial charge in [-0.25, -0.2) is 0 Å². The van der Waals surface area contributed by atoms with Crippen LogP contribution in [0.15, 0.2) is 23.6 Å². The average molecular weight is 209 g/mol. The zero-order valence-corrected chi connectivity index (χ0v) is 8.60. The third-order valence-electron chi connectivity index (χ3n) is 2.02. The largest absolute Gasteiger partial charge is 0.508 e. The minimum Gasteiger partial charge on any atom is -0.508 e. The Balaban J connectivity index is 2.41. The number of nitrogens with one attached hydrogen (secondary N) is 1. The average Bonchev–Trinajstić information content (AvgIpc) is 2.70. The van der Waals surface area contributed by atoms with Crippen molar-refractivity contribution in [3.05, 3.63) is 29.2 Å². The maximum Gasteiger partial charge on any atom is 0.131 e. The predicted octanol–water partition coefficient (Wildman–Crippen LogP) is 1.99. The van der Waals surface area contributed by atoms with Crippen LogP contribution in [0.3, 0.4) is 0 Å². The first-order valence-electron chi connectivity index (χ1n) is 4.24. The van der Waals surface area contributed by atoms with Crippen LogP contribution in [0.5, 0.6) is 11.5 Å². The van der Waals surface area contributed by atoms with Gasteiger partial charge in [-0.15, -0.1) is 11.8 Å². The van der Waals surface area contributed by atoms with Crippen LogP contribution >= 0.6 is 11.8 Å². The molecular weight excluding hydrogens is 198 g/mol. The lowest BCUT2D eigenvalue weighted by Crippen LogP contribution is -2.06. The second-order valence-electron chi connectivity index (χ2n) is 2.90. The van der Waals surface area contributed by atoms with Crippen molar-refractivity contribution in [2.45, 2.75) is 0 Å². The molecule has 0 unspecified atom stereocenters. The van der Waals surface area contributed by atoms with Crippen LogP contribution in [-0.4, -0.2) is 18.1 Å². The smallest absolute Gasteiger partial charge is 0.131 e. The summed E-state index contributed by atoms with van der Waals surface area (Å²) < 4.78 is 5.19.